The highest BCUT2D eigenvalue weighted by Gasteiger charge is 2.16. The predicted molar refractivity (Wildman–Crippen MR) is 83.3 cm³/mol. The molecule has 0 N–H and O–H groups in total. The van der Waals surface area contributed by atoms with Crippen LogP contribution < -0.4 is 9.47 Å². The van der Waals surface area contributed by atoms with E-state index in [9.17, 15) is 4.79 Å². The molecule has 0 bridgehead atoms. The SMILES string of the molecule is COc1cc(C(=O)N(C)Cc2ccco2)ccc1OC(C)C. The Balaban J connectivity index is 2.15. The number of carbonyl (C=O) groups excluding carboxylic acids is 1. The van der Waals surface area contributed by atoms with Gasteiger partial charge in [-0.1, -0.05) is 0 Å². The summed E-state index contributed by atoms with van der Waals surface area (Å²) in [5, 5.41) is 0. The minimum Gasteiger partial charge on any atom is -0.493 e. The molecule has 0 aliphatic rings. The standard InChI is InChI=1S/C17H21NO4/c1-12(2)22-15-8-7-13(10-16(15)20-4)17(19)18(3)11-14-6-5-9-21-14/h5-10,12H,11H2,1-4H3. The van der Waals surface area contributed by atoms with Gasteiger partial charge >= 0.3 is 0 Å². The number of hydrogen-bond donors (Lipinski definition) is 0. The molecular formula is C17H21NO4. The lowest BCUT2D eigenvalue weighted by Crippen LogP contribution is -2.26. The highest BCUT2D eigenvalue weighted by Crippen LogP contribution is 2.29. The molecule has 0 atom stereocenters. The van der Waals surface area contributed by atoms with E-state index in [-0.39, 0.29) is 12.0 Å². The largest absolute Gasteiger partial charge is 0.493 e. The summed E-state index contributed by atoms with van der Waals surface area (Å²) in [4.78, 5) is 14.1. The van der Waals surface area contributed by atoms with Gasteiger partial charge in [-0.3, -0.25) is 4.79 Å². The number of benzene rings is 1. The highest BCUT2D eigenvalue weighted by atomic mass is 16.5. The van der Waals surface area contributed by atoms with E-state index in [0.29, 0.717) is 23.6 Å². The second-order valence-electron chi connectivity index (χ2n) is 5.27. The van der Waals surface area contributed by atoms with E-state index < -0.39 is 0 Å². The topological polar surface area (TPSA) is 51.9 Å². The number of carbonyl (C=O) groups is 1. The number of amides is 1. The first-order valence-corrected chi connectivity index (χ1v) is 7.13. The maximum absolute atomic E-state index is 12.5. The van der Waals surface area contributed by atoms with Crippen molar-refractivity contribution in [1.29, 1.82) is 0 Å². The summed E-state index contributed by atoms with van der Waals surface area (Å²) in [6.07, 6.45) is 1.63. The monoisotopic (exact) mass is 303 g/mol. The zero-order valence-electron chi connectivity index (χ0n) is 13.3. The number of furan rings is 1. The Kier molecular flexibility index (Phi) is 5.09. The smallest absolute Gasteiger partial charge is 0.254 e. The van der Waals surface area contributed by atoms with Crippen molar-refractivity contribution in [1.82, 2.24) is 4.90 Å². The van der Waals surface area contributed by atoms with Crippen LogP contribution in [0.15, 0.2) is 41.0 Å². The van der Waals surface area contributed by atoms with E-state index in [1.165, 1.54) is 0 Å². The molecule has 0 fully saturated rings. The molecule has 1 heterocycles. The molecule has 0 radical (unpaired) electrons. The molecule has 0 saturated heterocycles. The highest BCUT2D eigenvalue weighted by molar-refractivity contribution is 5.94. The maximum Gasteiger partial charge on any atom is 0.254 e. The molecular weight excluding hydrogens is 282 g/mol. The summed E-state index contributed by atoms with van der Waals surface area (Å²) in [5.74, 6) is 1.81. The molecule has 0 aliphatic carbocycles. The number of nitrogens with zero attached hydrogens (tertiary/aromatic N) is 1. The number of hydrogen-bond acceptors (Lipinski definition) is 4. The Morgan fingerprint density at radius 2 is 2.05 bits per heavy atom. The summed E-state index contributed by atoms with van der Waals surface area (Å²) in [6, 6.07) is 8.82. The Labute approximate surface area is 130 Å². The normalized spacial score (nSPS) is 10.6. The second kappa shape index (κ2) is 7.02. The van der Waals surface area contributed by atoms with Crippen LogP contribution in [0, 0.1) is 0 Å². The van der Waals surface area contributed by atoms with Gasteiger partial charge in [-0.2, -0.15) is 0 Å². The summed E-state index contributed by atoms with van der Waals surface area (Å²) in [7, 11) is 3.29. The van der Waals surface area contributed by atoms with Gasteiger partial charge in [0.1, 0.15) is 5.76 Å². The molecule has 0 aliphatic heterocycles. The number of methoxy groups -OCH3 is 1. The van der Waals surface area contributed by atoms with Crippen molar-refractivity contribution in [3.05, 3.63) is 47.9 Å². The van der Waals surface area contributed by atoms with Gasteiger partial charge in [-0.15, -0.1) is 0 Å². The lowest BCUT2D eigenvalue weighted by atomic mass is 10.1. The second-order valence-corrected chi connectivity index (χ2v) is 5.27. The van der Waals surface area contributed by atoms with Gasteiger partial charge in [0, 0.05) is 12.6 Å². The minimum atomic E-state index is -0.106. The van der Waals surface area contributed by atoms with Gasteiger partial charge in [0.25, 0.3) is 5.91 Å². The third kappa shape index (κ3) is 3.81. The molecule has 1 aromatic carbocycles. The zero-order chi connectivity index (χ0) is 16.1. The third-order valence-corrected chi connectivity index (χ3v) is 3.09. The summed E-state index contributed by atoms with van der Waals surface area (Å²) in [6.45, 7) is 4.30. The average Bonchev–Trinajstić information content (AvgIpc) is 2.99. The van der Waals surface area contributed by atoms with Crippen LogP contribution in [0.25, 0.3) is 0 Å². The van der Waals surface area contributed by atoms with E-state index in [2.05, 4.69) is 0 Å². The van der Waals surface area contributed by atoms with Crippen molar-refractivity contribution in [2.24, 2.45) is 0 Å². The lowest BCUT2D eigenvalue weighted by Gasteiger charge is -2.18. The minimum absolute atomic E-state index is 0.0390. The number of rotatable bonds is 6. The van der Waals surface area contributed by atoms with Crippen LogP contribution in [0.2, 0.25) is 0 Å². The van der Waals surface area contributed by atoms with Crippen molar-refractivity contribution < 1.29 is 18.7 Å². The Morgan fingerprint density at radius 1 is 1.27 bits per heavy atom. The molecule has 0 saturated carbocycles. The van der Waals surface area contributed by atoms with Gasteiger partial charge in [-0.05, 0) is 44.2 Å². The molecule has 1 amide bonds. The van der Waals surface area contributed by atoms with Crippen LogP contribution in [-0.2, 0) is 6.54 Å². The summed E-state index contributed by atoms with van der Waals surface area (Å²) in [5.41, 5.74) is 0.544. The quantitative estimate of drug-likeness (QED) is 0.821. The van der Waals surface area contributed by atoms with E-state index >= 15 is 0 Å². The van der Waals surface area contributed by atoms with Crippen molar-refractivity contribution in [3.8, 4) is 11.5 Å². The van der Waals surface area contributed by atoms with Crippen molar-refractivity contribution >= 4 is 5.91 Å². The van der Waals surface area contributed by atoms with Crippen LogP contribution >= 0.6 is 0 Å². The molecule has 0 unspecified atom stereocenters. The zero-order valence-corrected chi connectivity index (χ0v) is 13.3. The van der Waals surface area contributed by atoms with Crippen LogP contribution in [-0.4, -0.2) is 31.1 Å². The molecule has 0 spiro atoms. The van der Waals surface area contributed by atoms with Crippen molar-refractivity contribution in [2.45, 2.75) is 26.5 Å². The van der Waals surface area contributed by atoms with Gasteiger partial charge in [0.2, 0.25) is 0 Å². The molecule has 118 valence electrons. The molecule has 5 heteroatoms. The Bertz CT molecular complexity index is 620. The van der Waals surface area contributed by atoms with Gasteiger partial charge < -0.3 is 18.8 Å². The molecule has 2 rings (SSSR count). The van der Waals surface area contributed by atoms with Crippen molar-refractivity contribution in [2.75, 3.05) is 14.2 Å². The molecule has 22 heavy (non-hydrogen) atoms. The lowest BCUT2D eigenvalue weighted by molar-refractivity contribution is 0.0775. The Hall–Kier alpha value is -2.43. The third-order valence-electron chi connectivity index (χ3n) is 3.09. The van der Waals surface area contributed by atoms with Gasteiger partial charge in [0.05, 0.1) is 26.0 Å². The van der Waals surface area contributed by atoms with Crippen LogP contribution in [0.5, 0.6) is 11.5 Å². The molecule has 1 aromatic heterocycles. The fourth-order valence-corrected chi connectivity index (χ4v) is 2.08. The van der Waals surface area contributed by atoms with Gasteiger partial charge in [0.15, 0.2) is 11.5 Å². The van der Waals surface area contributed by atoms with E-state index in [1.54, 1.807) is 49.6 Å². The first-order chi connectivity index (χ1) is 10.5. The fraction of sp³-hybridized carbons (Fsp3) is 0.353. The first-order valence-electron chi connectivity index (χ1n) is 7.13. The van der Waals surface area contributed by atoms with Gasteiger partial charge in [-0.25, -0.2) is 0 Å². The fourth-order valence-electron chi connectivity index (χ4n) is 2.08. The summed E-state index contributed by atoms with van der Waals surface area (Å²) < 4.78 is 16.2. The van der Waals surface area contributed by atoms with Crippen LogP contribution in [0.4, 0.5) is 0 Å². The van der Waals surface area contributed by atoms with E-state index in [1.807, 2.05) is 19.9 Å². The number of ether oxygens (including phenoxy) is 2. The van der Waals surface area contributed by atoms with Crippen LogP contribution in [0.3, 0.4) is 0 Å². The predicted octanol–water partition coefficient (Wildman–Crippen LogP) is 3.35. The van der Waals surface area contributed by atoms with Crippen LogP contribution in [0.1, 0.15) is 30.0 Å². The maximum atomic E-state index is 12.5. The first kappa shape index (κ1) is 15.9. The average molecular weight is 303 g/mol. The van der Waals surface area contributed by atoms with Crippen molar-refractivity contribution in [3.63, 3.8) is 0 Å². The Morgan fingerprint density at radius 3 is 2.64 bits per heavy atom. The molecule has 2 aromatic rings. The van der Waals surface area contributed by atoms with E-state index in [0.717, 1.165) is 5.76 Å². The molecule has 5 nitrogen and oxygen atoms in total. The van der Waals surface area contributed by atoms with E-state index in [4.69, 9.17) is 13.9 Å². The summed E-state index contributed by atoms with van der Waals surface area (Å²) >= 11 is 0.